The second kappa shape index (κ2) is 4.02. The van der Waals surface area contributed by atoms with Crippen LogP contribution in [0.25, 0.3) is 0 Å². The lowest BCUT2D eigenvalue weighted by molar-refractivity contribution is -0.122. The first kappa shape index (κ1) is 11.9. The van der Waals surface area contributed by atoms with Crippen LogP contribution in [0.3, 0.4) is 0 Å². The van der Waals surface area contributed by atoms with Crippen molar-refractivity contribution in [3.8, 4) is 0 Å². The molecule has 1 amide bonds. The third-order valence-electron chi connectivity index (χ3n) is 4.09. The lowest BCUT2D eigenvalue weighted by Crippen LogP contribution is -2.41. The third-order valence-corrected chi connectivity index (χ3v) is 4.09. The van der Waals surface area contributed by atoms with Gasteiger partial charge in [0.1, 0.15) is 0 Å². The molecule has 2 aliphatic carbocycles. The maximum absolute atomic E-state index is 11.7. The Hall–Kier alpha value is -0.570. The van der Waals surface area contributed by atoms with Crippen LogP contribution in [0, 0.1) is 11.3 Å². The summed E-state index contributed by atoms with van der Waals surface area (Å²) in [6, 6.07) is 0. The summed E-state index contributed by atoms with van der Waals surface area (Å²) in [4.78, 5) is 11.7. The average molecular weight is 224 g/mol. The van der Waals surface area contributed by atoms with Crippen LogP contribution in [0.4, 0.5) is 0 Å². The summed E-state index contributed by atoms with van der Waals surface area (Å²) in [6.07, 6.45) is 7.17. The molecule has 0 aromatic rings. The molecular weight excluding hydrogens is 200 g/mol. The second-order valence-electron chi connectivity index (χ2n) is 6.45. The minimum absolute atomic E-state index is 0.109. The van der Waals surface area contributed by atoms with E-state index >= 15 is 0 Å². The monoisotopic (exact) mass is 224 g/mol. The highest BCUT2D eigenvalue weighted by molar-refractivity contribution is 5.77. The van der Waals surface area contributed by atoms with Gasteiger partial charge in [-0.05, 0) is 44.4 Å². The van der Waals surface area contributed by atoms with E-state index < -0.39 is 5.54 Å². The first-order valence-corrected chi connectivity index (χ1v) is 6.47. The summed E-state index contributed by atoms with van der Waals surface area (Å²) < 4.78 is 0. The fourth-order valence-electron chi connectivity index (χ4n) is 3.07. The van der Waals surface area contributed by atoms with Gasteiger partial charge in [-0.3, -0.25) is 4.79 Å². The van der Waals surface area contributed by atoms with E-state index in [2.05, 4.69) is 5.32 Å². The molecular formula is C13H24N2O. The van der Waals surface area contributed by atoms with Gasteiger partial charge in [0.15, 0.2) is 0 Å². The van der Waals surface area contributed by atoms with E-state index in [1.807, 2.05) is 13.8 Å². The predicted octanol–water partition coefficient (Wildman–Crippen LogP) is 1.81. The number of hydrogen-bond donors (Lipinski definition) is 2. The van der Waals surface area contributed by atoms with Crippen molar-refractivity contribution in [2.24, 2.45) is 17.1 Å². The van der Waals surface area contributed by atoms with Gasteiger partial charge in [-0.1, -0.05) is 12.8 Å². The van der Waals surface area contributed by atoms with Crippen LogP contribution < -0.4 is 11.1 Å². The predicted molar refractivity (Wildman–Crippen MR) is 64.9 cm³/mol. The molecule has 0 aliphatic heterocycles. The van der Waals surface area contributed by atoms with Crippen LogP contribution in [0.15, 0.2) is 0 Å². The number of nitrogens with one attached hydrogen (secondary N) is 1. The summed E-state index contributed by atoms with van der Waals surface area (Å²) >= 11 is 0. The molecule has 0 heterocycles. The van der Waals surface area contributed by atoms with Gasteiger partial charge < -0.3 is 11.1 Å². The fourth-order valence-corrected chi connectivity index (χ4v) is 3.07. The van der Waals surface area contributed by atoms with Crippen LogP contribution in [-0.2, 0) is 4.79 Å². The number of nitrogens with two attached hydrogens (primary N) is 1. The fraction of sp³-hybridized carbons (Fsp3) is 0.923. The van der Waals surface area contributed by atoms with Gasteiger partial charge in [0, 0.05) is 18.5 Å². The molecule has 3 heteroatoms. The molecule has 0 bridgehead atoms. The molecule has 16 heavy (non-hydrogen) atoms. The SMILES string of the molecule is CC(C)(N)CC(=O)NCC12CCCCC1C2. The highest BCUT2D eigenvalue weighted by atomic mass is 16.1. The minimum atomic E-state index is -0.392. The standard InChI is InChI=1S/C13H24N2O/c1-12(2,14)8-11(16)15-9-13-6-4-3-5-10(13)7-13/h10H,3-9,14H2,1-2H3,(H,15,16). The van der Waals surface area contributed by atoms with Crippen molar-refractivity contribution in [2.45, 2.75) is 57.9 Å². The van der Waals surface area contributed by atoms with Crippen LogP contribution in [0.2, 0.25) is 0 Å². The number of carbonyl (C=O) groups excluding carboxylic acids is 1. The van der Waals surface area contributed by atoms with Crippen LogP contribution in [0.5, 0.6) is 0 Å². The topological polar surface area (TPSA) is 55.1 Å². The van der Waals surface area contributed by atoms with Crippen molar-refractivity contribution < 1.29 is 4.79 Å². The number of amides is 1. The first-order valence-electron chi connectivity index (χ1n) is 6.47. The van der Waals surface area contributed by atoms with Crippen molar-refractivity contribution in [3.63, 3.8) is 0 Å². The normalized spacial score (nSPS) is 33.1. The van der Waals surface area contributed by atoms with Gasteiger partial charge in [-0.15, -0.1) is 0 Å². The zero-order valence-corrected chi connectivity index (χ0v) is 10.5. The molecule has 2 saturated carbocycles. The summed E-state index contributed by atoms with van der Waals surface area (Å²) in [7, 11) is 0. The Labute approximate surface area is 98.2 Å². The van der Waals surface area contributed by atoms with Gasteiger partial charge in [-0.2, -0.15) is 0 Å². The first-order chi connectivity index (χ1) is 7.41. The summed E-state index contributed by atoms with van der Waals surface area (Å²) in [5.74, 6) is 1.01. The highest BCUT2D eigenvalue weighted by Gasteiger charge is 2.54. The molecule has 92 valence electrons. The van der Waals surface area contributed by atoms with E-state index in [9.17, 15) is 4.79 Å². The highest BCUT2D eigenvalue weighted by Crippen LogP contribution is 2.60. The van der Waals surface area contributed by atoms with Crippen LogP contribution in [-0.4, -0.2) is 18.0 Å². The molecule has 0 aromatic heterocycles. The van der Waals surface area contributed by atoms with Gasteiger partial charge >= 0.3 is 0 Å². The van der Waals surface area contributed by atoms with E-state index in [1.54, 1.807) is 0 Å². The van der Waals surface area contributed by atoms with Crippen LogP contribution in [0.1, 0.15) is 52.4 Å². The van der Waals surface area contributed by atoms with E-state index in [0.717, 1.165) is 12.5 Å². The van der Waals surface area contributed by atoms with Crippen molar-refractivity contribution in [1.29, 1.82) is 0 Å². The number of rotatable bonds is 4. The third kappa shape index (κ3) is 2.76. The smallest absolute Gasteiger partial charge is 0.221 e. The van der Waals surface area contributed by atoms with Gasteiger partial charge in [0.05, 0.1) is 0 Å². The molecule has 2 atom stereocenters. The molecule has 2 unspecified atom stereocenters. The van der Waals surface area contributed by atoms with Crippen LogP contribution >= 0.6 is 0 Å². The Morgan fingerprint density at radius 1 is 1.50 bits per heavy atom. The van der Waals surface area contributed by atoms with Gasteiger partial charge in [-0.25, -0.2) is 0 Å². The molecule has 2 rings (SSSR count). The Kier molecular flexibility index (Phi) is 2.99. The molecule has 0 aromatic carbocycles. The Bertz CT molecular complexity index is 282. The summed E-state index contributed by atoms with van der Waals surface area (Å²) in [5.41, 5.74) is 5.91. The molecule has 2 fully saturated rings. The Balaban J connectivity index is 1.74. The molecule has 0 radical (unpaired) electrons. The second-order valence-corrected chi connectivity index (χ2v) is 6.45. The number of fused-ring (bicyclic) bond motifs is 1. The van der Waals surface area contributed by atoms with Crippen molar-refractivity contribution in [1.82, 2.24) is 5.32 Å². The van der Waals surface area contributed by atoms with Crippen molar-refractivity contribution >= 4 is 5.91 Å². The quantitative estimate of drug-likeness (QED) is 0.765. The van der Waals surface area contributed by atoms with E-state index in [-0.39, 0.29) is 5.91 Å². The molecule has 3 N–H and O–H groups in total. The van der Waals surface area contributed by atoms with Gasteiger partial charge in [0.2, 0.25) is 5.91 Å². The lowest BCUT2D eigenvalue weighted by atomic mass is 9.88. The number of hydrogen-bond acceptors (Lipinski definition) is 2. The van der Waals surface area contributed by atoms with E-state index in [4.69, 9.17) is 5.73 Å². The molecule has 0 saturated heterocycles. The summed E-state index contributed by atoms with van der Waals surface area (Å²) in [5, 5.41) is 3.07. The molecule has 3 nitrogen and oxygen atoms in total. The Morgan fingerprint density at radius 3 is 2.88 bits per heavy atom. The minimum Gasteiger partial charge on any atom is -0.355 e. The van der Waals surface area contributed by atoms with Crippen molar-refractivity contribution in [2.75, 3.05) is 6.54 Å². The Morgan fingerprint density at radius 2 is 2.25 bits per heavy atom. The van der Waals surface area contributed by atoms with Gasteiger partial charge in [0.25, 0.3) is 0 Å². The van der Waals surface area contributed by atoms with E-state index in [1.165, 1.54) is 32.1 Å². The van der Waals surface area contributed by atoms with Crippen molar-refractivity contribution in [3.05, 3.63) is 0 Å². The maximum Gasteiger partial charge on any atom is 0.221 e. The average Bonchev–Trinajstić information content (AvgIpc) is 2.87. The summed E-state index contributed by atoms with van der Waals surface area (Å²) in [6.45, 7) is 4.67. The molecule has 0 spiro atoms. The largest absolute Gasteiger partial charge is 0.355 e. The maximum atomic E-state index is 11.7. The number of carbonyl (C=O) groups is 1. The zero-order valence-electron chi connectivity index (χ0n) is 10.5. The van der Waals surface area contributed by atoms with E-state index in [0.29, 0.717) is 11.8 Å². The zero-order chi connectivity index (χ0) is 11.8. The molecule has 2 aliphatic rings. The lowest BCUT2D eigenvalue weighted by Gasteiger charge is -2.23.